The Labute approximate surface area is 170 Å². The third kappa shape index (κ3) is 3.28. The van der Waals surface area contributed by atoms with Gasteiger partial charge in [-0.1, -0.05) is 25.7 Å². The van der Waals surface area contributed by atoms with E-state index in [1.54, 1.807) is 16.8 Å². The van der Waals surface area contributed by atoms with E-state index < -0.39 is 6.34 Å². The quantitative estimate of drug-likeness (QED) is 0.672. The molecule has 0 spiro atoms. The van der Waals surface area contributed by atoms with Crippen molar-refractivity contribution in [2.24, 2.45) is 4.99 Å². The number of rotatable bonds is 6. The van der Waals surface area contributed by atoms with E-state index in [0.29, 0.717) is 18.8 Å². The SMILES string of the molecule is CCN(CC)[P@@]1(=S)c2c(C)nn(CCC#N)c2N=C(c2ccc(F)cc2)N1C. The van der Waals surface area contributed by atoms with Gasteiger partial charge in [-0.25, -0.2) is 14.1 Å². The van der Waals surface area contributed by atoms with Gasteiger partial charge in [0.15, 0.2) is 5.82 Å². The number of halogens is 1. The predicted octanol–water partition coefficient (Wildman–Crippen LogP) is 3.54. The standard InChI is InChI=1S/C19H24FN6PS/c1-5-25(6-2)27(28)17-14(3)23-26(13-7-12-21)19(17)22-18(24(27)4)15-8-10-16(20)11-9-15/h8-11H,5-7,13H2,1-4H3/t27-/m1/s1. The molecule has 1 aromatic carbocycles. The van der Waals surface area contributed by atoms with Gasteiger partial charge in [0.05, 0.1) is 30.0 Å². The van der Waals surface area contributed by atoms with Crippen LogP contribution in [0.2, 0.25) is 0 Å². The van der Waals surface area contributed by atoms with Crippen LogP contribution < -0.4 is 5.30 Å². The van der Waals surface area contributed by atoms with Crippen molar-refractivity contribution in [3.63, 3.8) is 0 Å². The lowest BCUT2D eigenvalue weighted by molar-refractivity contribution is 0.487. The van der Waals surface area contributed by atoms with Crippen LogP contribution >= 0.6 is 6.34 Å². The molecule has 0 amide bonds. The molecule has 1 aromatic heterocycles. The third-order valence-electron chi connectivity index (χ3n) is 4.94. The van der Waals surface area contributed by atoms with Gasteiger partial charge < -0.3 is 4.67 Å². The first-order valence-electron chi connectivity index (χ1n) is 9.27. The highest BCUT2D eigenvalue weighted by molar-refractivity contribution is 8.16. The summed E-state index contributed by atoms with van der Waals surface area (Å²) in [6, 6.07) is 8.47. The second kappa shape index (κ2) is 8.12. The van der Waals surface area contributed by atoms with Crippen LogP contribution in [-0.2, 0) is 18.4 Å². The molecule has 0 bridgehead atoms. The van der Waals surface area contributed by atoms with Crippen LogP contribution in [0.1, 0.15) is 31.5 Å². The summed E-state index contributed by atoms with van der Waals surface area (Å²) >= 11 is 6.36. The van der Waals surface area contributed by atoms with E-state index in [1.807, 2.05) is 14.0 Å². The first-order valence-corrected chi connectivity index (χ1v) is 12.0. The number of hydrogen-bond donors (Lipinski definition) is 0. The van der Waals surface area contributed by atoms with Crippen LogP contribution in [-0.4, -0.2) is 45.1 Å². The maximum atomic E-state index is 13.5. The normalized spacial score (nSPS) is 18.8. The second-order valence-corrected chi connectivity index (χ2v) is 10.8. The predicted molar refractivity (Wildman–Crippen MR) is 114 cm³/mol. The van der Waals surface area contributed by atoms with E-state index >= 15 is 0 Å². The van der Waals surface area contributed by atoms with Crippen molar-refractivity contribution < 1.29 is 4.39 Å². The Morgan fingerprint density at radius 3 is 2.46 bits per heavy atom. The molecule has 1 aliphatic heterocycles. The molecule has 0 radical (unpaired) electrons. The average Bonchev–Trinajstić information content (AvgIpc) is 3.00. The Kier molecular flexibility index (Phi) is 5.99. The lowest BCUT2D eigenvalue weighted by Crippen LogP contribution is -2.41. The largest absolute Gasteiger partial charge is 0.316 e. The summed E-state index contributed by atoms with van der Waals surface area (Å²) < 4.78 is 19.6. The van der Waals surface area contributed by atoms with Gasteiger partial charge in [-0.2, -0.15) is 10.4 Å². The molecule has 1 aliphatic rings. The van der Waals surface area contributed by atoms with E-state index in [4.69, 9.17) is 22.1 Å². The molecule has 28 heavy (non-hydrogen) atoms. The summed E-state index contributed by atoms with van der Waals surface area (Å²) in [4.78, 5) is 4.89. The molecule has 0 fully saturated rings. The highest BCUT2D eigenvalue weighted by Gasteiger charge is 2.42. The van der Waals surface area contributed by atoms with E-state index in [-0.39, 0.29) is 5.82 Å². The molecular weight excluding hydrogens is 394 g/mol. The molecule has 9 heteroatoms. The molecule has 1 atom stereocenters. The van der Waals surface area contributed by atoms with Crippen LogP contribution in [0.3, 0.4) is 0 Å². The second-order valence-electron chi connectivity index (χ2n) is 6.54. The number of fused-ring (bicyclic) bond motifs is 1. The van der Waals surface area contributed by atoms with E-state index in [0.717, 1.165) is 35.5 Å². The fourth-order valence-electron chi connectivity index (χ4n) is 3.56. The van der Waals surface area contributed by atoms with Crippen molar-refractivity contribution in [3.05, 3.63) is 41.3 Å². The molecule has 6 nitrogen and oxygen atoms in total. The maximum absolute atomic E-state index is 13.5. The van der Waals surface area contributed by atoms with Crippen LogP contribution in [0.4, 0.5) is 10.2 Å². The van der Waals surface area contributed by atoms with Crippen LogP contribution in [0.15, 0.2) is 29.3 Å². The Balaban J connectivity index is 2.28. The van der Waals surface area contributed by atoms with Gasteiger partial charge in [0.2, 0.25) is 0 Å². The molecule has 0 unspecified atom stereocenters. The number of benzene rings is 1. The van der Waals surface area contributed by atoms with Gasteiger partial charge in [-0.3, -0.25) is 4.67 Å². The molecule has 0 saturated heterocycles. The Morgan fingerprint density at radius 2 is 1.89 bits per heavy atom. The highest BCUT2D eigenvalue weighted by Crippen LogP contribution is 2.57. The third-order valence-corrected chi connectivity index (χ3v) is 10.4. The fraction of sp³-hybridized carbons (Fsp3) is 0.421. The lowest BCUT2D eigenvalue weighted by atomic mass is 10.2. The number of nitrogens with zero attached hydrogens (tertiary/aromatic N) is 6. The van der Waals surface area contributed by atoms with Gasteiger partial charge in [0.1, 0.15) is 18.0 Å². The zero-order valence-corrected chi connectivity index (χ0v) is 18.3. The highest BCUT2D eigenvalue weighted by atomic mass is 32.4. The minimum atomic E-state index is -2.38. The number of aryl methyl sites for hydroxylation is 2. The summed E-state index contributed by atoms with van der Waals surface area (Å²) in [5.41, 5.74) is 1.67. The topological polar surface area (TPSA) is 60.5 Å². The van der Waals surface area contributed by atoms with Crippen molar-refractivity contribution in [2.75, 3.05) is 20.1 Å². The zero-order valence-electron chi connectivity index (χ0n) is 16.6. The van der Waals surface area contributed by atoms with Crippen molar-refractivity contribution in [1.29, 1.82) is 5.26 Å². The lowest BCUT2D eigenvalue weighted by Gasteiger charge is -2.43. The summed E-state index contributed by atoms with van der Waals surface area (Å²) in [6.07, 6.45) is -2.03. The van der Waals surface area contributed by atoms with E-state index in [2.05, 4.69) is 34.4 Å². The van der Waals surface area contributed by atoms with Crippen molar-refractivity contribution in [1.82, 2.24) is 19.1 Å². The maximum Gasteiger partial charge on any atom is 0.164 e. The Bertz CT molecular complexity index is 987. The number of amidine groups is 1. The first-order chi connectivity index (χ1) is 13.4. The summed E-state index contributed by atoms with van der Waals surface area (Å²) in [5.74, 6) is 1.14. The molecule has 2 heterocycles. The number of hydrogen-bond acceptors (Lipinski definition) is 4. The number of aromatic nitrogens is 2. The molecule has 0 aliphatic carbocycles. The number of nitriles is 1. The Morgan fingerprint density at radius 1 is 1.25 bits per heavy atom. The van der Waals surface area contributed by atoms with Gasteiger partial charge in [-0.15, -0.1) is 0 Å². The minimum Gasteiger partial charge on any atom is -0.316 e. The first kappa shape index (κ1) is 20.7. The van der Waals surface area contributed by atoms with Crippen molar-refractivity contribution in [2.45, 2.75) is 33.7 Å². The van der Waals surface area contributed by atoms with Crippen LogP contribution in [0.25, 0.3) is 0 Å². The summed E-state index contributed by atoms with van der Waals surface area (Å²) in [5, 5.41) is 14.7. The monoisotopic (exact) mass is 418 g/mol. The molecular formula is C19H24FN6PS. The molecule has 0 N–H and O–H groups in total. The van der Waals surface area contributed by atoms with Gasteiger partial charge in [0, 0.05) is 25.7 Å². The summed E-state index contributed by atoms with van der Waals surface area (Å²) in [6.45, 7) is 8.23. The average molecular weight is 418 g/mol. The minimum absolute atomic E-state index is 0.290. The van der Waals surface area contributed by atoms with Gasteiger partial charge in [0.25, 0.3) is 0 Å². The molecule has 0 saturated carbocycles. The zero-order chi connectivity index (χ0) is 20.5. The van der Waals surface area contributed by atoms with Crippen molar-refractivity contribution >= 4 is 35.1 Å². The number of aliphatic imine (C=N–C) groups is 1. The molecule has 2 aromatic rings. The summed E-state index contributed by atoms with van der Waals surface area (Å²) in [7, 11) is 1.97. The van der Waals surface area contributed by atoms with Gasteiger partial charge in [-0.05, 0) is 31.2 Å². The van der Waals surface area contributed by atoms with Crippen LogP contribution in [0, 0.1) is 24.1 Å². The molecule has 3 rings (SSSR count). The molecule has 148 valence electrons. The van der Waals surface area contributed by atoms with E-state index in [9.17, 15) is 4.39 Å². The van der Waals surface area contributed by atoms with E-state index in [1.165, 1.54) is 12.1 Å². The van der Waals surface area contributed by atoms with Crippen molar-refractivity contribution in [3.8, 4) is 6.07 Å². The van der Waals surface area contributed by atoms with Gasteiger partial charge >= 0.3 is 0 Å². The fourth-order valence-corrected chi connectivity index (χ4v) is 8.17. The van der Waals surface area contributed by atoms with Crippen LogP contribution in [0.5, 0.6) is 0 Å². The smallest absolute Gasteiger partial charge is 0.164 e. The Hall–Kier alpha value is -2.07.